The van der Waals surface area contributed by atoms with Gasteiger partial charge in [-0.15, -0.1) is 0 Å². The fourth-order valence-corrected chi connectivity index (χ4v) is 2.25. The van der Waals surface area contributed by atoms with Gasteiger partial charge in [0.15, 0.2) is 0 Å². The molecule has 1 aromatic heterocycles. The standard InChI is InChI=1S/C14H9ClN4O3/c15-10-7-8(19(21)22)5-6-9(10)13(20)18-14-16-11-3-1-2-4-12(11)17-14/h1-7H,(H2,16,17,18,20). The van der Waals surface area contributed by atoms with Gasteiger partial charge in [0, 0.05) is 12.1 Å². The lowest BCUT2D eigenvalue weighted by molar-refractivity contribution is -0.384. The zero-order valence-corrected chi connectivity index (χ0v) is 11.8. The summed E-state index contributed by atoms with van der Waals surface area (Å²) in [5.41, 5.74) is 1.46. The monoisotopic (exact) mass is 316 g/mol. The van der Waals surface area contributed by atoms with E-state index in [9.17, 15) is 14.9 Å². The molecule has 0 radical (unpaired) electrons. The number of aromatic nitrogens is 2. The van der Waals surface area contributed by atoms with Gasteiger partial charge in [0.2, 0.25) is 5.95 Å². The van der Waals surface area contributed by atoms with Gasteiger partial charge < -0.3 is 4.98 Å². The summed E-state index contributed by atoms with van der Waals surface area (Å²) in [6.07, 6.45) is 0. The van der Waals surface area contributed by atoms with E-state index < -0.39 is 10.8 Å². The summed E-state index contributed by atoms with van der Waals surface area (Å²) in [7, 11) is 0. The normalized spacial score (nSPS) is 10.6. The van der Waals surface area contributed by atoms with Gasteiger partial charge in [-0.2, -0.15) is 0 Å². The van der Waals surface area contributed by atoms with E-state index in [1.165, 1.54) is 12.1 Å². The molecule has 0 aliphatic carbocycles. The number of halogens is 1. The molecule has 2 aromatic carbocycles. The summed E-state index contributed by atoms with van der Waals surface area (Å²) in [4.78, 5) is 29.4. The Kier molecular flexibility index (Phi) is 3.48. The fraction of sp³-hybridized carbons (Fsp3) is 0. The Balaban J connectivity index is 1.86. The molecule has 0 saturated carbocycles. The molecule has 0 unspecified atom stereocenters. The lowest BCUT2D eigenvalue weighted by Crippen LogP contribution is -2.13. The zero-order valence-electron chi connectivity index (χ0n) is 11.0. The summed E-state index contributed by atoms with van der Waals surface area (Å²) < 4.78 is 0. The molecule has 0 atom stereocenters. The summed E-state index contributed by atoms with van der Waals surface area (Å²) in [6.45, 7) is 0. The van der Waals surface area contributed by atoms with E-state index in [0.717, 1.165) is 11.6 Å². The van der Waals surface area contributed by atoms with Crippen LogP contribution < -0.4 is 5.32 Å². The molecule has 0 bridgehead atoms. The average molecular weight is 317 g/mol. The highest BCUT2D eigenvalue weighted by Crippen LogP contribution is 2.23. The number of benzene rings is 2. The Hall–Kier alpha value is -2.93. The van der Waals surface area contributed by atoms with E-state index >= 15 is 0 Å². The van der Waals surface area contributed by atoms with Gasteiger partial charge in [-0.05, 0) is 18.2 Å². The van der Waals surface area contributed by atoms with E-state index in [2.05, 4.69) is 15.3 Å². The molecule has 110 valence electrons. The van der Waals surface area contributed by atoms with Crippen molar-refractivity contribution in [3.05, 3.63) is 63.2 Å². The van der Waals surface area contributed by atoms with Crippen LogP contribution in [0.1, 0.15) is 10.4 Å². The second-order valence-corrected chi connectivity index (χ2v) is 4.89. The van der Waals surface area contributed by atoms with Gasteiger partial charge in [0.25, 0.3) is 11.6 Å². The molecule has 0 fully saturated rings. The van der Waals surface area contributed by atoms with Crippen LogP contribution in [0.5, 0.6) is 0 Å². The molecule has 8 heteroatoms. The van der Waals surface area contributed by atoms with Crippen LogP contribution in [0.25, 0.3) is 11.0 Å². The largest absolute Gasteiger partial charge is 0.324 e. The minimum Gasteiger partial charge on any atom is -0.324 e. The van der Waals surface area contributed by atoms with Crippen molar-refractivity contribution in [2.75, 3.05) is 5.32 Å². The molecule has 22 heavy (non-hydrogen) atoms. The number of aromatic amines is 1. The first-order valence-corrected chi connectivity index (χ1v) is 6.62. The van der Waals surface area contributed by atoms with Crippen LogP contribution in [0.3, 0.4) is 0 Å². The summed E-state index contributed by atoms with van der Waals surface area (Å²) in [5, 5.41) is 13.2. The maximum atomic E-state index is 12.2. The van der Waals surface area contributed by atoms with Crippen LogP contribution in [-0.2, 0) is 0 Å². The van der Waals surface area contributed by atoms with Gasteiger partial charge in [-0.25, -0.2) is 4.98 Å². The fourth-order valence-electron chi connectivity index (χ4n) is 1.99. The summed E-state index contributed by atoms with van der Waals surface area (Å²) >= 11 is 5.92. The molecule has 7 nitrogen and oxygen atoms in total. The summed E-state index contributed by atoms with van der Waals surface area (Å²) in [5.74, 6) is -0.223. The molecule has 0 saturated heterocycles. The predicted molar refractivity (Wildman–Crippen MR) is 82.2 cm³/mol. The second kappa shape index (κ2) is 5.45. The van der Waals surface area contributed by atoms with Crippen LogP contribution in [0.4, 0.5) is 11.6 Å². The van der Waals surface area contributed by atoms with Crippen LogP contribution >= 0.6 is 11.6 Å². The number of imidazole rings is 1. The van der Waals surface area contributed by atoms with Crippen molar-refractivity contribution in [1.29, 1.82) is 0 Å². The molecule has 3 rings (SSSR count). The number of non-ortho nitro benzene ring substituents is 1. The number of carbonyl (C=O) groups is 1. The van der Waals surface area contributed by atoms with E-state index in [1.807, 2.05) is 18.2 Å². The molecule has 2 N–H and O–H groups in total. The van der Waals surface area contributed by atoms with E-state index in [4.69, 9.17) is 11.6 Å². The van der Waals surface area contributed by atoms with Crippen molar-refractivity contribution in [3.8, 4) is 0 Å². The molecule has 0 aliphatic heterocycles. The van der Waals surface area contributed by atoms with Gasteiger partial charge in [-0.1, -0.05) is 23.7 Å². The van der Waals surface area contributed by atoms with Crippen molar-refractivity contribution in [3.63, 3.8) is 0 Å². The molecular weight excluding hydrogens is 308 g/mol. The van der Waals surface area contributed by atoms with Crippen molar-refractivity contribution in [2.45, 2.75) is 0 Å². The molecular formula is C14H9ClN4O3. The number of anilines is 1. The molecule has 3 aromatic rings. The number of amides is 1. The molecule has 1 amide bonds. The summed E-state index contributed by atoms with van der Waals surface area (Å²) in [6, 6.07) is 11.0. The van der Waals surface area contributed by atoms with Gasteiger partial charge in [-0.3, -0.25) is 20.2 Å². The first-order chi connectivity index (χ1) is 10.5. The average Bonchev–Trinajstić information content (AvgIpc) is 2.88. The number of para-hydroxylation sites is 2. The Bertz CT molecular complexity index is 858. The number of hydrogen-bond acceptors (Lipinski definition) is 4. The SMILES string of the molecule is O=C(Nc1nc2ccccc2[nH]1)c1ccc([N+](=O)[O-])cc1Cl. The zero-order chi connectivity index (χ0) is 15.7. The van der Waals surface area contributed by atoms with Crippen LogP contribution in [0.2, 0.25) is 5.02 Å². The minimum absolute atomic E-state index is 0.00260. The smallest absolute Gasteiger partial charge is 0.270 e. The number of fused-ring (bicyclic) bond motifs is 1. The maximum absolute atomic E-state index is 12.2. The van der Waals surface area contributed by atoms with Crippen molar-refractivity contribution >= 4 is 40.2 Å². The number of H-pyrrole nitrogens is 1. The quantitative estimate of drug-likeness (QED) is 0.571. The highest BCUT2D eigenvalue weighted by atomic mass is 35.5. The van der Waals surface area contributed by atoms with Crippen molar-refractivity contribution in [1.82, 2.24) is 9.97 Å². The highest BCUT2D eigenvalue weighted by molar-refractivity contribution is 6.34. The van der Waals surface area contributed by atoms with Gasteiger partial charge >= 0.3 is 0 Å². The second-order valence-electron chi connectivity index (χ2n) is 4.48. The number of nitrogens with one attached hydrogen (secondary N) is 2. The van der Waals surface area contributed by atoms with Crippen LogP contribution in [0, 0.1) is 10.1 Å². The Labute approximate surface area is 129 Å². The van der Waals surface area contributed by atoms with Crippen molar-refractivity contribution in [2.24, 2.45) is 0 Å². The van der Waals surface area contributed by atoms with Crippen LogP contribution in [-0.4, -0.2) is 20.8 Å². The molecule has 0 spiro atoms. The number of hydrogen-bond donors (Lipinski definition) is 2. The predicted octanol–water partition coefficient (Wildman–Crippen LogP) is 3.38. The van der Waals surface area contributed by atoms with E-state index in [0.29, 0.717) is 5.52 Å². The molecule has 1 heterocycles. The third-order valence-corrected chi connectivity index (χ3v) is 3.34. The number of carbonyl (C=O) groups excluding carboxylic acids is 1. The number of nitro benzene ring substituents is 1. The molecule has 0 aliphatic rings. The van der Waals surface area contributed by atoms with E-state index in [1.54, 1.807) is 6.07 Å². The third-order valence-electron chi connectivity index (χ3n) is 3.03. The lowest BCUT2D eigenvalue weighted by atomic mass is 10.2. The Morgan fingerprint density at radius 2 is 2.05 bits per heavy atom. The number of nitro groups is 1. The highest BCUT2D eigenvalue weighted by Gasteiger charge is 2.16. The number of rotatable bonds is 3. The third kappa shape index (κ3) is 2.61. The Morgan fingerprint density at radius 3 is 2.73 bits per heavy atom. The first-order valence-electron chi connectivity index (χ1n) is 6.24. The van der Waals surface area contributed by atoms with Gasteiger partial charge in [0.1, 0.15) is 0 Å². The Morgan fingerprint density at radius 1 is 1.27 bits per heavy atom. The van der Waals surface area contributed by atoms with Crippen LogP contribution in [0.15, 0.2) is 42.5 Å². The number of nitrogens with zero attached hydrogens (tertiary/aromatic N) is 2. The topological polar surface area (TPSA) is 101 Å². The maximum Gasteiger partial charge on any atom is 0.270 e. The van der Waals surface area contributed by atoms with Crippen molar-refractivity contribution < 1.29 is 9.72 Å². The first kappa shape index (κ1) is 14.0. The lowest BCUT2D eigenvalue weighted by Gasteiger charge is -2.03. The minimum atomic E-state index is -0.577. The van der Waals surface area contributed by atoms with E-state index in [-0.39, 0.29) is 22.2 Å². The van der Waals surface area contributed by atoms with Gasteiger partial charge in [0.05, 0.1) is 26.5 Å².